The van der Waals surface area contributed by atoms with Gasteiger partial charge in [-0.3, -0.25) is 9.48 Å². The Morgan fingerprint density at radius 2 is 2.14 bits per heavy atom. The fourth-order valence-electron chi connectivity index (χ4n) is 1.13. The van der Waals surface area contributed by atoms with Gasteiger partial charge in [-0.25, -0.2) is 0 Å². The number of carbonyl (C=O) groups excluding carboxylic acids is 1. The van der Waals surface area contributed by atoms with E-state index < -0.39 is 0 Å². The molecule has 0 aliphatic heterocycles. The first kappa shape index (κ1) is 11.0. The molecular weight excluding hydrogens is 176 g/mol. The maximum atomic E-state index is 11.2. The van der Waals surface area contributed by atoms with Crippen molar-refractivity contribution in [2.75, 3.05) is 0 Å². The van der Waals surface area contributed by atoms with Crippen molar-refractivity contribution in [3.05, 3.63) is 18.0 Å². The summed E-state index contributed by atoms with van der Waals surface area (Å²) in [4.78, 5) is 11.2. The van der Waals surface area contributed by atoms with Gasteiger partial charge in [-0.2, -0.15) is 5.10 Å². The van der Waals surface area contributed by atoms with E-state index in [9.17, 15) is 4.79 Å². The maximum absolute atomic E-state index is 11.2. The van der Waals surface area contributed by atoms with Gasteiger partial charge in [-0.1, -0.05) is 27.7 Å². The van der Waals surface area contributed by atoms with Crippen LogP contribution in [0.5, 0.6) is 0 Å². The standard InChI is InChI=1S/C11H18N2O/c1-5-10(14)8-13-7-9(6-12-13)11(2,3)4/h6-7H,5,8H2,1-4H3. The van der Waals surface area contributed by atoms with E-state index in [4.69, 9.17) is 0 Å². The van der Waals surface area contributed by atoms with E-state index in [1.165, 1.54) is 5.56 Å². The molecule has 0 N–H and O–H groups in total. The van der Waals surface area contributed by atoms with Gasteiger partial charge in [0.2, 0.25) is 0 Å². The summed E-state index contributed by atoms with van der Waals surface area (Å²) in [7, 11) is 0. The molecule has 0 fully saturated rings. The minimum Gasteiger partial charge on any atom is -0.298 e. The zero-order valence-corrected chi connectivity index (χ0v) is 9.37. The Hall–Kier alpha value is -1.12. The van der Waals surface area contributed by atoms with E-state index in [1.54, 1.807) is 4.68 Å². The summed E-state index contributed by atoms with van der Waals surface area (Å²) in [5.74, 6) is 0.216. The third-order valence-electron chi connectivity index (χ3n) is 2.23. The number of ketones is 1. The predicted molar refractivity (Wildman–Crippen MR) is 56.2 cm³/mol. The Morgan fingerprint density at radius 1 is 1.50 bits per heavy atom. The van der Waals surface area contributed by atoms with Crippen molar-refractivity contribution >= 4 is 5.78 Å². The molecule has 0 bridgehead atoms. The summed E-state index contributed by atoms with van der Waals surface area (Å²) < 4.78 is 1.71. The molecule has 0 aliphatic carbocycles. The van der Waals surface area contributed by atoms with Gasteiger partial charge in [0, 0.05) is 12.6 Å². The normalized spacial score (nSPS) is 11.7. The first-order valence-electron chi connectivity index (χ1n) is 4.98. The van der Waals surface area contributed by atoms with Crippen LogP contribution in [0.15, 0.2) is 12.4 Å². The number of hydrogen-bond donors (Lipinski definition) is 0. The number of nitrogens with zero attached hydrogens (tertiary/aromatic N) is 2. The summed E-state index contributed by atoms with van der Waals surface area (Å²) in [6.45, 7) is 8.67. The van der Waals surface area contributed by atoms with E-state index in [2.05, 4.69) is 25.9 Å². The van der Waals surface area contributed by atoms with Crippen LogP contribution in [-0.2, 0) is 16.8 Å². The Labute approximate surface area is 85.1 Å². The van der Waals surface area contributed by atoms with Crippen LogP contribution in [0.25, 0.3) is 0 Å². The van der Waals surface area contributed by atoms with Crippen molar-refractivity contribution in [1.82, 2.24) is 9.78 Å². The highest BCUT2D eigenvalue weighted by Gasteiger charge is 2.15. The third-order valence-corrected chi connectivity index (χ3v) is 2.23. The molecule has 0 amide bonds. The van der Waals surface area contributed by atoms with Crippen LogP contribution in [0, 0.1) is 0 Å². The van der Waals surface area contributed by atoms with Crippen molar-refractivity contribution in [2.24, 2.45) is 0 Å². The minimum absolute atomic E-state index is 0.105. The molecule has 0 saturated carbocycles. The predicted octanol–water partition coefficient (Wildman–Crippen LogP) is 2.16. The van der Waals surface area contributed by atoms with E-state index >= 15 is 0 Å². The van der Waals surface area contributed by atoms with Crippen molar-refractivity contribution in [3.63, 3.8) is 0 Å². The topological polar surface area (TPSA) is 34.9 Å². The molecule has 0 unspecified atom stereocenters. The molecule has 1 aromatic rings. The van der Waals surface area contributed by atoms with Gasteiger partial charge < -0.3 is 0 Å². The van der Waals surface area contributed by atoms with Crippen molar-refractivity contribution in [2.45, 2.75) is 46.1 Å². The SMILES string of the molecule is CCC(=O)Cn1cc(C(C)(C)C)cn1. The molecule has 0 saturated heterocycles. The molecule has 1 heterocycles. The number of hydrogen-bond acceptors (Lipinski definition) is 2. The van der Waals surface area contributed by atoms with Crippen LogP contribution in [0.3, 0.4) is 0 Å². The summed E-state index contributed by atoms with van der Waals surface area (Å²) in [5.41, 5.74) is 1.27. The van der Waals surface area contributed by atoms with Crippen LogP contribution in [0.2, 0.25) is 0 Å². The second kappa shape index (κ2) is 3.95. The summed E-state index contributed by atoms with van der Waals surface area (Å²) in [5, 5.41) is 4.17. The van der Waals surface area contributed by atoms with Gasteiger partial charge in [0.05, 0.1) is 12.7 Å². The van der Waals surface area contributed by atoms with Crippen molar-refractivity contribution < 1.29 is 4.79 Å². The number of rotatable bonds is 3. The quantitative estimate of drug-likeness (QED) is 0.739. The van der Waals surface area contributed by atoms with Gasteiger partial charge >= 0.3 is 0 Å². The second-order valence-corrected chi connectivity index (χ2v) is 4.57. The monoisotopic (exact) mass is 194 g/mol. The van der Waals surface area contributed by atoms with Crippen LogP contribution in [-0.4, -0.2) is 15.6 Å². The van der Waals surface area contributed by atoms with Gasteiger partial charge in [-0.05, 0) is 11.0 Å². The highest BCUT2D eigenvalue weighted by molar-refractivity contribution is 5.77. The van der Waals surface area contributed by atoms with Gasteiger partial charge in [-0.15, -0.1) is 0 Å². The minimum atomic E-state index is 0.105. The molecule has 1 aromatic heterocycles. The average Bonchev–Trinajstić information content (AvgIpc) is 2.51. The Morgan fingerprint density at radius 3 is 2.57 bits per heavy atom. The molecule has 0 spiro atoms. The van der Waals surface area contributed by atoms with Crippen LogP contribution in [0.4, 0.5) is 0 Å². The smallest absolute Gasteiger partial charge is 0.154 e. The summed E-state index contributed by atoms with van der Waals surface area (Å²) in [6.07, 6.45) is 4.36. The molecule has 0 radical (unpaired) electrons. The van der Waals surface area contributed by atoms with E-state index in [-0.39, 0.29) is 11.2 Å². The molecular formula is C11H18N2O. The number of aromatic nitrogens is 2. The molecule has 78 valence electrons. The van der Waals surface area contributed by atoms with Gasteiger partial charge in [0.25, 0.3) is 0 Å². The average molecular weight is 194 g/mol. The first-order chi connectivity index (χ1) is 6.43. The van der Waals surface area contributed by atoms with E-state index in [0.29, 0.717) is 13.0 Å². The Kier molecular flexibility index (Phi) is 3.09. The Balaban J connectivity index is 2.74. The third kappa shape index (κ3) is 2.69. The number of Topliss-reactive ketones (excluding diaryl/α,β-unsaturated/α-hetero) is 1. The summed E-state index contributed by atoms with van der Waals surface area (Å²) >= 11 is 0. The molecule has 3 heteroatoms. The Bertz CT molecular complexity index is 320. The zero-order valence-electron chi connectivity index (χ0n) is 9.37. The van der Waals surface area contributed by atoms with Crippen LogP contribution in [0.1, 0.15) is 39.7 Å². The fourth-order valence-corrected chi connectivity index (χ4v) is 1.13. The van der Waals surface area contributed by atoms with Crippen molar-refractivity contribution in [1.29, 1.82) is 0 Å². The van der Waals surface area contributed by atoms with Crippen LogP contribution >= 0.6 is 0 Å². The molecule has 1 rings (SSSR count). The highest BCUT2D eigenvalue weighted by Crippen LogP contribution is 2.20. The highest BCUT2D eigenvalue weighted by atomic mass is 16.1. The largest absolute Gasteiger partial charge is 0.298 e. The van der Waals surface area contributed by atoms with Gasteiger partial charge in [0.1, 0.15) is 0 Å². The molecule has 0 aliphatic rings. The van der Waals surface area contributed by atoms with Crippen molar-refractivity contribution in [3.8, 4) is 0 Å². The lowest BCUT2D eigenvalue weighted by atomic mass is 9.90. The first-order valence-corrected chi connectivity index (χ1v) is 4.98. The van der Waals surface area contributed by atoms with E-state index in [0.717, 1.165) is 0 Å². The van der Waals surface area contributed by atoms with E-state index in [1.807, 2.05) is 19.3 Å². The molecule has 0 aromatic carbocycles. The summed E-state index contributed by atoms with van der Waals surface area (Å²) in [6, 6.07) is 0. The fraction of sp³-hybridized carbons (Fsp3) is 0.636. The molecule has 3 nitrogen and oxygen atoms in total. The van der Waals surface area contributed by atoms with Gasteiger partial charge in [0.15, 0.2) is 5.78 Å². The zero-order chi connectivity index (χ0) is 10.8. The second-order valence-electron chi connectivity index (χ2n) is 4.57. The lowest BCUT2D eigenvalue weighted by Crippen LogP contribution is -2.11. The number of carbonyl (C=O) groups is 1. The molecule has 0 atom stereocenters. The molecule has 14 heavy (non-hydrogen) atoms. The lowest BCUT2D eigenvalue weighted by Gasteiger charge is -2.14. The maximum Gasteiger partial charge on any atom is 0.154 e. The van der Waals surface area contributed by atoms with Crippen LogP contribution < -0.4 is 0 Å². The lowest BCUT2D eigenvalue weighted by molar-refractivity contribution is -0.119.